The lowest BCUT2D eigenvalue weighted by Crippen LogP contribution is -2.07. The smallest absolute Gasteiger partial charge is 0.288 e. The first-order valence-corrected chi connectivity index (χ1v) is 4.58. The Morgan fingerprint density at radius 1 is 1.50 bits per heavy atom. The van der Waals surface area contributed by atoms with Gasteiger partial charge in [-0.15, -0.1) is 0 Å². The minimum Gasteiger partial charge on any atom is -0.324 e. The Balaban J connectivity index is 3.41. The average Bonchev–Trinajstić information content (AvgIpc) is 2.02. The molecule has 1 unspecified atom stereocenters. The second kappa shape index (κ2) is 4.13. The van der Waals surface area contributed by atoms with E-state index in [1.54, 1.807) is 6.92 Å². The van der Waals surface area contributed by atoms with Crippen LogP contribution in [0, 0.1) is 10.1 Å². The fraction of sp³-hybridized carbons (Fsp3) is 0.250. The predicted octanol–water partition coefficient (Wildman–Crippen LogP) is 2.92. The molecule has 0 saturated heterocycles. The summed E-state index contributed by atoms with van der Waals surface area (Å²) in [6, 6.07) is 2.25. The molecule has 2 N–H and O–H groups in total. The van der Waals surface area contributed by atoms with E-state index in [9.17, 15) is 10.1 Å². The zero-order valence-corrected chi connectivity index (χ0v) is 8.84. The normalized spacial score (nSPS) is 12.6. The van der Waals surface area contributed by atoms with Gasteiger partial charge in [0.25, 0.3) is 5.69 Å². The van der Waals surface area contributed by atoms with Crippen LogP contribution in [0.4, 0.5) is 5.69 Å². The van der Waals surface area contributed by atoms with E-state index in [0.717, 1.165) is 0 Å². The Hall–Kier alpha value is -0.840. The Morgan fingerprint density at radius 3 is 2.50 bits per heavy atom. The Kier molecular flexibility index (Phi) is 3.31. The summed E-state index contributed by atoms with van der Waals surface area (Å²) in [6.45, 7) is 1.66. The van der Waals surface area contributed by atoms with Crippen LogP contribution in [0.2, 0.25) is 10.0 Å². The molecule has 0 spiro atoms. The molecular formula is C8H8Cl2N2O2. The summed E-state index contributed by atoms with van der Waals surface area (Å²) < 4.78 is 0. The molecule has 1 rings (SSSR count). The SMILES string of the molecule is CC(N)c1c(Cl)ccc([N+](=O)[O-])c1Cl. The number of nitro groups is 1. The largest absolute Gasteiger partial charge is 0.324 e. The van der Waals surface area contributed by atoms with E-state index >= 15 is 0 Å². The molecular weight excluding hydrogens is 227 g/mol. The molecule has 0 saturated carbocycles. The predicted molar refractivity (Wildman–Crippen MR) is 55.7 cm³/mol. The molecule has 0 aliphatic carbocycles. The van der Waals surface area contributed by atoms with E-state index in [1.807, 2.05) is 0 Å². The summed E-state index contributed by atoms with van der Waals surface area (Å²) in [7, 11) is 0. The Bertz CT molecular complexity index is 380. The lowest BCUT2D eigenvalue weighted by Gasteiger charge is -2.10. The second-order valence-corrected chi connectivity index (χ2v) is 3.63. The maximum atomic E-state index is 10.5. The van der Waals surface area contributed by atoms with Crippen molar-refractivity contribution in [2.24, 2.45) is 5.73 Å². The number of nitrogens with two attached hydrogens (primary N) is 1. The third kappa shape index (κ3) is 1.97. The van der Waals surface area contributed by atoms with Crippen molar-refractivity contribution in [2.45, 2.75) is 13.0 Å². The van der Waals surface area contributed by atoms with E-state index in [1.165, 1.54) is 12.1 Å². The number of benzene rings is 1. The molecule has 0 aliphatic heterocycles. The van der Waals surface area contributed by atoms with Gasteiger partial charge in [0.1, 0.15) is 5.02 Å². The first kappa shape index (κ1) is 11.2. The van der Waals surface area contributed by atoms with Crippen molar-refractivity contribution in [3.05, 3.63) is 37.9 Å². The minimum atomic E-state index is -0.565. The number of hydrogen-bond donors (Lipinski definition) is 1. The first-order valence-electron chi connectivity index (χ1n) is 3.83. The second-order valence-electron chi connectivity index (χ2n) is 2.84. The maximum Gasteiger partial charge on any atom is 0.288 e. The van der Waals surface area contributed by atoms with Crippen LogP contribution in [-0.2, 0) is 0 Å². The monoisotopic (exact) mass is 234 g/mol. The van der Waals surface area contributed by atoms with Gasteiger partial charge >= 0.3 is 0 Å². The van der Waals surface area contributed by atoms with Crippen molar-refractivity contribution in [3.63, 3.8) is 0 Å². The maximum absolute atomic E-state index is 10.5. The Labute approximate surface area is 90.8 Å². The molecule has 0 aromatic heterocycles. The van der Waals surface area contributed by atoms with Gasteiger partial charge in [-0.3, -0.25) is 10.1 Å². The molecule has 0 fully saturated rings. The van der Waals surface area contributed by atoms with E-state index in [-0.39, 0.29) is 10.7 Å². The van der Waals surface area contributed by atoms with Crippen LogP contribution < -0.4 is 5.73 Å². The molecule has 0 bridgehead atoms. The van der Waals surface area contributed by atoms with Gasteiger partial charge in [0, 0.05) is 22.7 Å². The number of halogens is 2. The summed E-state index contributed by atoms with van der Waals surface area (Å²) in [4.78, 5) is 9.98. The van der Waals surface area contributed by atoms with Gasteiger partial charge in [-0.1, -0.05) is 23.2 Å². The van der Waals surface area contributed by atoms with Crippen molar-refractivity contribution in [1.29, 1.82) is 0 Å². The van der Waals surface area contributed by atoms with E-state index in [0.29, 0.717) is 10.6 Å². The molecule has 6 heteroatoms. The number of nitrogens with zero attached hydrogens (tertiary/aromatic N) is 1. The van der Waals surface area contributed by atoms with Gasteiger partial charge < -0.3 is 5.73 Å². The summed E-state index contributed by atoms with van der Waals surface area (Å²) in [5, 5.41) is 10.9. The third-order valence-corrected chi connectivity index (χ3v) is 2.49. The lowest BCUT2D eigenvalue weighted by molar-refractivity contribution is -0.384. The van der Waals surface area contributed by atoms with Crippen LogP contribution in [0.15, 0.2) is 12.1 Å². The first-order chi connectivity index (χ1) is 6.45. The molecule has 76 valence electrons. The number of rotatable bonds is 2. The summed E-state index contributed by atoms with van der Waals surface area (Å²) >= 11 is 11.6. The topological polar surface area (TPSA) is 69.2 Å². The summed E-state index contributed by atoms with van der Waals surface area (Å²) in [5.41, 5.74) is 5.82. The van der Waals surface area contributed by atoms with Crippen LogP contribution in [0.3, 0.4) is 0 Å². The molecule has 14 heavy (non-hydrogen) atoms. The number of nitro benzene ring substituents is 1. The third-order valence-electron chi connectivity index (χ3n) is 1.76. The van der Waals surface area contributed by atoms with E-state index < -0.39 is 11.0 Å². The highest BCUT2D eigenvalue weighted by Gasteiger charge is 2.20. The van der Waals surface area contributed by atoms with Crippen LogP contribution in [-0.4, -0.2) is 4.92 Å². The fourth-order valence-corrected chi connectivity index (χ4v) is 1.90. The zero-order valence-electron chi connectivity index (χ0n) is 7.33. The van der Waals surface area contributed by atoms with Crippen molar-refractivity contribution in [3.8, 4) is 0 Å². The van der Waals surface area contributed by atoms with Crippen molar-refractivity contribution in [2.75, 3.05) is 0 Å². The number of hydrogen-bond acceptors (Lipinski definition) is 3. The van der Waals surface area contributed by atoms with Gasteiger partial charge in [0.15, 0.2) is 0 Å². The van der Waals surface area contributed by atoms with Crippen molar-refractivity contribution < 1.29 is 4.92 Å². The van der Waals surface area contributed by atoms with Gasteiger partial charge in [-0.25, -0.2) is 0 Å². The average molecular weight is 235 g/mol. The minimum absolute atomic E-state index is 0.0116. The van der Waals surface area contributed by atoms with Crippen LogP contribution in [0.1, 0.15) is 18.5 Å². The standard InChI is InChI=1S/C8H8Cl2N2O2/c1-4(11)7-5(9)2-3-6(8(7)10)12(13)14/h2-4H,11H2,1H3. The highest BCUT2D eigenvalue weighted by atomic mass is 35.5. The summed E-state index contributed by atoms with van der Waals surface area (Å²) in [5.74, 6) is 0. The molecule has 0 aliphatic rings. The molecule has 0 radical (unpaired) electrons. The van der Waals surface area contributed by atoms with Gasteiger partial charge in [0.05, 0.1) is 4.92 Å². The van der Waals surface area contributed by atoms with Crippen LogP contribution >= 0.6 is 23.2 Å². The lowest BCUT2D eigenvalue weighted by atomic mass is 10.1. The molecule has 1 aromatic carbocycles. The molecule has 1 aromatic rings. The molecule has 4 nitrogen and oxygen atoms in total. The molecule has 0 amide bonds. The van der Waals surface area contributed by atoms with Crippen molar-refractivity contribution >= 4 is 28.9 Å². The highest BCUT2D eigenvalue weighted by Crippen LogP contribution is 2.35. The Morgan fingerprint density at radius 2 is 2.07 bits per heavy atom. The van der Waals surface area contributed by atoms with Gasteiger partial charge in [0.2, 0.25) is 0 Å². The summed E-state index contributed by atoms with van der Waals surface area (Å²) in [6.07, 6.45) is 0. The van der Waals surface area contributed by atoms with Crippen LogP contribution in [0.5, 0.6) is 0 Å². The van der Waals surface area contributed by atoms with E-state index in [4.69, 9.17) is 28.9 Å². The quantitative estimate of drug-likeness (QED) is 0.632. The van der Waals surface area contributed by atoms with Gasteiger partial charge in [-0.2, -0.15) is 0 Å². The van der Waals surface area contributed by atoms with E-state index in [2.05, 4.69) is 0 Å². The van der Waals surface area contributed by atoms with Crippen molar-refractivity contribution in [1.82, 2.24) is 0 Å². The molecule has 0 heterocycles. The fourth-order valence-electron chi connectivity index (χ4n) is 1.12. The zero-order chi connectivity index (χ0) is 10.9. The molecule has 1 atom stereocenters. The highest BCUT2D eigenvalue weighted by molar-refractivity contribution is 6.37. The van der Waals surface area contributed by atoms with Crippen LogP contribution in [0.25, 0.3) is 0 Å². The van der Waals surface area contributed by atoms with Gasteiger partial charge in [-0.05, 0) is 13.0 Å².